The lowest BCUT2D eigenvalue weighted by molar-refractivity contribution is -0.206. The summed E-state index contributed by atoms with van der Waals surface area (Å²) < 4.78 is 88.9. The molecule has 0 bridgehead atoms. The maximum atomic E-state index is 14.8. The summed E-state index contributed by atoms with van der Waals surface area (Å²) in [6.45, 7) is 3.23. The molecule has 0 radical (unpaired) electrons. The summed E-state index contributed by atoms with van der Waals surface area (Å²) in [5.74, 6) is -0.977. The number of benzene rings is 3. The third-order valence-electron chi connectivity index (χ3n) is 5.82. The molecule has 0 N–H and O–H groups in total. The van der Waals surface area contributed by atoms with Gasteiger partial charge in [-0.15, -0.1) is 0 Å². The van der Waals surface area contributed by atoms with Gasteiger partial charge in [0.15, 0.2) is 24.1 Å². The zero-order chi connectivity index (χ0) is 26.4. The van der Waals surface area contributed by atoms with Crippen LogP contribution < -0.4 is 9.47 Å². The van der Waals surface area contributed by atoms with Gasteiger partial charge in [0.05, 0.1) is 18.8 Å². The molecule has 1 fully saturated rings. The van der Waals surface area contributed by atoms with E-state index in [0.717, 1.165) is 18.9 Å². The molecular weight excluding hydrogens is 495 g/mol. The number of alkyl halides is 2. The normalized spacial score (nSPS) is 17.8. The lowest BCUT2D eigenvalue weighted by Crippen LogP contribution is -2.27. The Morgan fingerprint density at radius 2 is 1.59 bits per heavy atom. The highest BCUT2D eigenvalue weighted by Crippen LogP contribution is 2.35. The number of rotatable bonds is 9. The van der Waals surface area contributed by atoms with Gasteiger partial charge in [-0.2, -0.15) is 17.6 Å². The van der Waals surface area contributed by atoms with Crippen molar-refractivity contribution in [3.63, 3.8) is 0 Å². The van der Waals surface area contributed by atoms with Crippen molar-refractivity contribution in [2.45, 2.75) is 32.2 Å². The molecule has 3 aromatic rings. The summed E-state index contributed by atoms with van der Waals surface area (Å²) >= 11 is 0. The van der Waals surface area contributed by atoms with E-state index in [1.54, 1.807) is 0 Å². The fourth-order valence-corrected chi connectivity index (χ4v) is 3.95. The number of hydrogen-bond donors (Lipinski definition) is 0. The zero-order valence-corrected chi connectivity index (χ0v) is 19.9. The van der Waals surface area contributed by atoms with Crippen LogP contribution >= 0.6 is 0 Å². The highest BCUT2D eigenvalue weighted by Gasteiger charge is 2.35. The van der Waals surface area contributed by atoms with Gasteiger partial charge in [0, 0.05) is 11.5 Å². The molecule has 1 saturated heterocycles. The summed E-state index contributed by atoms with van der Waals surface area (Å²) in [5.41, 5.74) is 1.22. The smallest absolute Gasteiger partial charge is 0.426 e. The van der Waals surface area contributed by atoms with E-state index in [4.69, 9.17) is 14.2 Å². The average Bonchev–Trinajstić information content (AvgIpc) is 2.89. The van der Waals surface area contributed by atoms with Gasteiger partial charge in [-0.05, 0) is 53.9 Å². The predicted octanol–water partition coefficient (Wildman–Crippen LogP) is 8.20. The van der Waals surface area contributed by atoms with Gasteiger partial charge in [-0.25, -0.2) is 4.39 Å². The van der Waals surface area contributed by atoms with E-state index < -0.39 is 24.3 Å². The molecule has 1 aliphatic heterocycles. The minimum Gasteiger partial charge on any atom is -0.456 e. The van der Waals surface area contributed by atoms with E-state index in [9.17, 15) is 22.0 Å². The van der Waals surface area contributed by atoms with Crippen LogP contribution in [0.5, 0.6) is 11.5 Å². The lowest BCUT2D eigenvalue weighted by Gasteiger charge is -2.29. The second-order valence-electron chi connectivity index (χ2n) is 8.59. The van der Waals surface area contributed by atoms with Crippen LogP contribution in [0.2, 0.25) is 0 Å². The van der Waals surface area contributed by atoms with E-state index in [0.29, 0.717) is 35.8 Å². The highest BCUT2D eigenvalue weighted by molar-refractivity contribution is 5.65. The molecule has 3 aromatic carbocycles. The van der Waals surface area contributed by atoms with Gasteiger partial charge in [0.2, 0.25) is 0 Å². The first-order valence-electron chi connectivity index (χ1n) is 11.7. The van der Waals surface area contributed by atoms with Crippen LogP contribution in [0.25, 0.3) is 11.1 Å². The van der Waals surface area contributed by atoms with Crippen molar-refractivity contribution in [3.05, 3.63) is 96.0 Å². The first-order chi connectivity index (χ1) is 17.7. The van der Waals surface area contributed by atoms with E-state index in [-0.39, 0.29) is 23.3 Å². The first-order valence-corrected chi connectivity index (χ1v) is 11.7. The minimum absolute atomic E-state index is 0.0947. The molecule has 196 valence electrons. The summed E-state index contributed by atoms with van der Waals surface area (Å²) in [6.07, 6.45) is -4.10. The van der Waals surface area contributed by atoms with Crippen molar-refractivity contribution in [1.29, 1.82) is 0 Å². The fraction of sp³-hybridized carbons (Fsp3) is 0.286. The van der Waals surface area contributed by atoms with Crippen LogP contribution in [0.1, 0.15) is 37.2 Å². The van der Waals surface area contributed by atoms with Crippen LogP contribution in [-0.2, 0) is 15.6 Å². The molecule has 0 amide bonds. The van der Waals surface area contributed by atoms with Gasteiger partial charge in [0.1, 0.15) is 5.75 Å². The number of hydrogen-bond acceptors (Lipinski definition) is 4. The molecule has 0 saturated carbocycles. The van der Waals surface area contributed by atoms with Gasteiger partial charge >= 0.3 is 12.2 Å². The van der Waals surface area contributed by atoms with Crippen molar-refractivity contribution >= 4 is 0 Å². The first kappa shape index (κ1) is 26.6. The SMILES string of the molecule is CCCC1COC(c2ccc(C(F)(F)Oc3ccc(-c4ccc(OC=C(F)F)c(F)c4)cc3)cc2)OC1. The average molecular weight is 520 g/mol. The third kappa shape index (κ3) is 6.87. The van der Waals surface area contributed by atoms with Gasteiger partial charge in [-0.3, -0.25) is 0 Å². The molecule has 4 rings (SSSR count). The summed E-state index contributed by atoms with van der Waals surface area (Å²) in [5, 5.41) is 0. The van der Waals surface area contributed by atoms with Crippen LogP contribution in [0.3, 0.4) is 0 Å². The molecule has 37 heavy (non-hydrogen) atoms. The Bertz CT molecular complexity index is 1200. The van der Waals surface area contributed by atoms with Crippen molar-refractivity contribution in [2.75, 3.05) is 13.2 Å². The summed E-state index contributed by atoms with van der Waals surface area (Å²) in [6, 6.07) is 15.0. The quantitative estimate of drug-likeness (QED) is 0.211. The molecule has 1 heterocycles. The highest BCUT2D eigenvalue weighted by atomic mass is 19.3. The van der Waals surface area contributed by atoms with Crippen molar-refractivity contribution in [3.8, 4) is 22.6 Å². The largest absolute Gasteiger partial charge is 0.456 e. The Hall–Kier alpha value is -3.43. The standard InChI is InChI=1S/C28H25F5O4/c1-2-3-18-15-35-27(36-16-18)20-4-9-22(10-5-20)28(32,33)37-23-11-6-19(7-12-23)21-8-13-25(24(29)14-21)34-17-26(30)31/h4-14,17-18,27H,2-3,15-16H2,1H3. The molecule has 0 aromatic heterocycles. The Labute approximate surface area is 211 Å². The second-order valence-corrected chi connectivity index (χ2v) is 8.59. The van der Waals surface area contributed by atoms with Gasteiger partial charge < -0.3 is 18.9 Å². The van der Waals surface area contributed by atoms with E-state index in [1.165, 1.54) is 60.7 Å². The van der Waals surface area contributed by atoms with Crippen molar-refractivity contribution in [2.24, 2.45) is 5.92 Å². The van der Waals surface area contributed by atoms with E-state index in [2.05, 4.69) is 11.7 Å². The number of ether oxygens (including phenoxy) is 4. The molecule has 0 spiro atoms. The lowest BCUT2D eigenvalue weighted by atomic mass is 10.0. The molecule has 0 atom stereocenters. The maximum Gasteiger partial charge on any atom is 0.426 e. The Morgan fingerprint density at radius 1 is 0.946 bits per heavy atom. The molecule has 9 heteroatoms. The predicted molar refractivity (Wildman–Crippen MR) is 127 cm³/mol. The number of halogens is 5. The van der Waals surface area contributed by atoms with Crippen LogP contribution in [0.15, 0.2) is 79.1 Å². The molecule has 4 nitrogen and oxygen atoms in total. The molecule has 0 aliphatic carbocycles. The molecule has 1 aliphatic rings. The Balaban J connectivity index is 1.39. The van der Waals surface area contributed by atoms with Crippen LogP contribution in [0, 0.1) is 11.7 Å². The van der Waals surface area contributed by atoms with Crippen LogP contribution in [-0.4, -0.2) is 13.2 Å². The minimum atomic E-state index is -3.61. The van der Waals surface area contributed by atoms with E-state index >= 15 is 0 Å². The van der Waals surface area contributed by atoms with Crippen molar-refractivity contribution < 1.29 is 40.9 Å². The maximum absolute atomic E-state index is 14.8. The third-order valence-corrected chi connectivity index (χ3v) is 5.82. The van der Waals surface area contributed by atoms with Gasteiger partial charge in [-0.1, -0.05) is 43.7 Å². The van der Waals surface area contributed by atoms with Crippen LogP contribution in [0.4, 0.5) is 22.0 Å². The molecular formula is C28H25F5O4. The monoisotopic (exact) mass is 520 g/mol. The van der Waals surface area contributed by atoms with Gasteiger partial charge in [0.25, 0.3) is 0 Å². The summed E-state index contributed by atoms with van der Waals surface area (Å²) in [4.78, 5) is 0. The zero-order valence-electron chi connectivity index (χ0n) is 19.9. The summed E-state index contributed by atoms with van der Waals surface area (Å²) in [7, 11) is 0. The second kappa shape index (κ2) is 11.7. The topological polar surface area (TPSA) is 36.9 Å². The Morgan fingerprint density at radius 3 is 2.19 bits per heavy atom. The fourth-order valence-electron chi connectivity index (χ4n) is 3.95. The van der Waals surface area contributed by atoms with Crippen molar-refractivity contribution in [1.82, 2.24) is 0 Å². The molecule has 0 unspecified atom stereocenters. The Kier molecular flexibility index (Phi) is 8.45. The van der Waals surface area contributed by atoms with E-state index in [1.807, 2.05) is 0 Å².